The Morgan fingerprint density at radius 3 is 2.50 bits per heavy atom. The van der Waals surface area contributed by atoms with Crippen molar-refractivity contribution in [1.82, 2.24) is 0 Å². The van der Waals surface area contributed by atoms with Gasteiger partial charge < -0.3 is 19.9 Å². The molecule has 0 aliphatic carbocycles. The first kappa shape index (κ1) is 12.9. The van der Waals surface area contributed by atoms with E-state index in [-0.39, 0.29) is 18.6 Å². The molecule has 4 nitrogen and oxygen atoms in total. The van der Waals surface area contributed by atoms with E-state index in [0.717, 1.165) is 11.3 Å². The van der Waals surface area contributed by atoms with Gasteiger partial charge in [-0.1, -0.05) is 23.7 Å². The highest BCUT2D eigenvalue weighted by atomic mass is 35.5. The highest BCUT2D eigenvalue weighted by molar-refractivity contribution is 6.33. The van der Waals surface area contributed by atoms with Gasteiger partial charge in [-0.2, -0.15) is 0 Å². The molecule has 1 atom stereocenters. The summed E-state index contributed by atoms with van der Waals surface area (Å²) in [6.45, 7) is 2.25. The first-order valence-corrected chi connectivity index (χ1v) is 6.66. The normalized spacial score (nSPS) is 14.1. The Morgan fingerprint density at radius 2 is 1.80 bits per heavy atom. The van der Waals surface area contributed by atoms with E-state index in [0.29, 0.717) is 16.5 Å². The molecule has 0 bridgehead atoms. The van der Waals surface area contributed by atoms with Crippen molar-refractivity contribution in [2.45, 2.75) is 13.0 Å². The summed E-state index contributed by atoms with van der Waals surface area (Å²) in [7, 11) is 0. The summed E-state index contributed by atoms with van der Waals surface area (Å²) in [6, 6.07) is 10.7. The summed E-state index contributed by atoms with van der Waals surface area (Å²) in [5.74, 6) is 1.61. The Morgan fingerprint density at radius 1 is 1.15 bits per heavy atom. The molecule has 0 aromatic heterocycles. The van der Waals surface area contributed by atoms with E-state index in [4.69, 9.17) is 21.1 Å². The third-order valence-electron chi connectivity index (χ3n) is 3.23. The van der Waals surface area contributed by atoms with E-state index < -0.39 is 0 Å². The lowest BCUT2D eigenvalue weighted by Crippen LogP contribution is -2.06. The first-order valence-electron chi connectivity index (χ1n) is 6.28. The number of aromatic hydroxyl groups is 1. The molecule has 1 aliphatic heterocycles. The maximum absolute atomic E-state index is 9.31. The Hall–Kier alpha value is -2.07. The molecule has 2 aromatic carbocycles. The lowest BCUT2D eigenvalue weighted by Gasteiger charge is -2.17. The molecule has 0 saturated carbocycles. The summed E-state index contributed by atoms with van der Waals surface area (Å²) in [5, 5.41) is 13.2. The monoisotopic (exact) mass is 291 g/mol. The van der Waals surface area contributed by atoms with Gasteiger partial charge in [-0.05, 0) is 24.6 Å². The van der Waals surface area contributed by atoms with E-state index >= 15 is 0 Å². The van der Waals surface area contributed by atoms with Crippen LogP contribution in [0.1, 0.15) is 18.5 Å². The minimum atomic E-state index is 0.0495. The van der Waals surface area contributed by atoms with Crippen LogP contribution in [0.15, 0.2) is 36.4 Å². The van der Waals surface area contributed by atoms with E-state index in [9.17, 15) is 5.11 Å². The van der Waals surface area contributed by atoms with Gasteiger partial charge in [0.15, 0.2) is 11.5 Å². The van der Waals surface area contributed by atoms with Crippen LogP contribution in [-0.2, 0) is 0 Å². The minimum Gasteiger partial charge on any atom is -0.508 e. The largest absolute Gasteiger partial charge is 0.508 e. The summed E-state index contributed by atoms with van der Waals surface area (Å²) in [6.07, 6.45) is 0. The molecule has 0 fully saturated rings. The zero-order chi connectivity index (χ0) is 14.1. The van der Waals surface area contributed by atoms with Crippen molar-refractivity contribution < 1.29 is 14.6 Å². The predicted octanol–water partition coefficient (Wildman–Crippen LogP) is 3.95. The second-order valence-electron chi connectivity index (χ2n) is 4.64. The predicted molar refractivity (Wildman–Crippen MR) is 77.7 cm³/mol. The number of nitrogens with one attached hydrogen (secondary N) is 1. The number of ether oxygens (including phenoxy) is 2. The van der Waals surface area contributed by atoms with Gasteiger partial charge in [-0.15, -0.1) is 0 Å². The maximum Gasteiger partial charge on any atom is 0.231 e. The fourth-order valence-corrected chi connectivity index (χ4v) is 2.32. The molecule has 3 rings (SSSR count). The van der Waals surface area contributed by atoms with Crippen LogP contribution in [0.3, 0.4) is 0 Å². The van der Waals surface area contributed by atoms with Gasteiger partial charge in [0.1, 0.15) is 5.75 Å². The number of phenols is 1. The lowest BCUT2D eigenvalue weighted by molar-refractivity contribution is 0.174. The number of anilines is 1. The van der Waals surface area contributed by atoms with Gasteiger partial charge in [-0.3, -0.25) is 0 Å². The van der Waals surface area contributed by atoms with Crippen molar-refractivity contribution in [2.24, 2.45) is 0 Å². The zero-order valence-electron chi connectivity index (χ0n) is 10.9. The Kier molecular flexibility index (Phi) is 3.32. The molecule has 0 radical (unpaired) electrons. The van der Waals surface area contributed by atoms with Crippen LogP contribution in [-0.4, -0.2) is 11.9 Å². The molecular weight excluding hydrogens is 278 g/mol. The van der Waals surface area contributed by atoms with Crippen LogP contribution >= 0.6 is 11.6 Å². The Balaban J connectivity index is 1.82. The molecule has 1 aliphatic rings. The summed E-state index contributed by atoms with van der Waals surface area (Å²) >= 11 is 6.23. The van der Waals surface area contributed by atoms with Crippen molar-refractivity contribution in [2.75, 3.05) is 12.1 Å². The minimum absolute atomic E-state index is 0.0495. The Bertz CT molecular complexity index is 628. The van der Waals surface area contributed by atoms with E-state index in [1.807, 2.05) is 25.1 Å². The highest BCUT2D eigenvalue weighted by Gasteiger charge is 2.17. The maximum atomic E-state index is 9.31. The van der Waals surface area contributed by atoms with Gasteiger partial charge in [0.05, 0.1) is 10.7 Å². The number of hydrogen-bond acceptors (Lipinski definition) is 4. The van der Waals surface area contributed by atoms with Crippen LogP contribution in [0.2, 0.25) is 5.02 Å². The van der Waals surface area contributed by atoms with E-state index in [1.54, 1.807) is 18.2 Å². The SMILES string of the molecule is CC(Nc1cc2c(cc1Cl)OCO2)c1ccc(O)cc1. The quantitative estimate of drug-likeness (QED) is 0.899. The third-order valence-corrected chi connectivity index (χ3v) is 3.54. The van der Waals surface area contributed by atoms with Crippen molar-refractivity contribution in [3.63, 3.8) is 0 Å². The number of phenolic OH excluding ortho intramolecular Hbond substituents is 1. The fourth-order valence-electron chi connectivity index (χ4n) is 2.11. The lowest BCUT2D eigenvalue weighted by atomic mass is 10.1. The van der Waals surface area contributed by atoms with Gasteiger partial charge in [-0.25, -0.2) is 0 Å². The molecule has 20 heavy (non-hydrogen) atoms. The average Bonchev–Trinajstić information content (AvgIpc) is 2.87. The number of fused-ring (bicyclic) bond motifs is 1. The Labute approximate surface area is 121 Å². The fraction of sp³-hybridized carbons (Fsp3) is 0.200. The molecule has 2 aromatic rings. The molecule has 0 spiro atoms. The topological polar surface area (TPSA) is 50.7 Å². The van der Waals surface area contributed by atoms with Crippen molar-refractivity contribution in [3.8, 4) is 17.2 Å². The molecular formula is C15H14ClNO3. The second kappa shape index (κ2) is 5.13. The molecule has 104 valence electrons. The van der Waals surface area contributed by atoms with Gasteiger partial charge in [0.2, 0.25) is 6.79 Å². The molecule has 1 heterocycles. The number of rotatable bonds is 3. The summed E-state index contributed by atoms with van der Waals surface area (Å²) in [5.41, 5.74) is 1.84. The van der Waals surface area contributed by atoms with Crippen molar-refractivity contribution in [1.29, 1.82) is 0 Å². The van der Waals surface area contributed by atoms with Gasteiger partial charge >= 0.3 is 0 Å². The van der Waals surface area contributed by atoms with Crippen molar-refractivity contribution >= 4 is 17.3 Å². The van der Waals surface area contributed by atoms with Crippen LogP contribution in [0.4, 0.5) is 5.69 Å². The van der Waals surface area contributed by atoms with Crippen molar-refractivity contribution in [3.05, 3.63) is 47.0 Å². The first-order chi connectivity index (χ1) is 9.63. The molecule has 5 heteroatoms. The molecule has 1 unspecified atom stereocenters. The standard InChI is InChI=1S/C15H14ClNO3/c1-9(10-2-4-11(18)5-3-10)17-13-7-15-14(6-12(13)16)19-8-20-15/h2-7,9,17-18H,8H2,1H3. The third kappa shape index (κ3) is 2.47. The molecule has 0 amide bonds. The van der Waals surface area contributed by atoms with Crippen LogP contribution in [0, 0.1) is 0 Å². The molecule has 0 saturated heterocycles. The van der Waals surface area contributed by atoms with Crippen LogP contribution in [0.25, 0.3) is 0 Å². The van der Waals surface area contributed by atoms with Crippen LogP contribution in [0.5, 0.6) is 17.2 Å². The molecule has 2 N–H and O–H groups in total. The smallest absolute Gasteiger partial charge is 0.231 e. The number of halogens is 1. The zero-order valence-corrected chi connectivity index (χ0v) is 11.6. The van der Waals surface area contributed by atoms with Crippen LogP contribution < -0.4 is 14.8 Å². The highest BCUT2D eigenvalue weighted by Crippen LogP contribution is 2.40. The summed E-state index contributed by atoms with van der Waals surface area (Å²) in [4.78, 5) is 0. The van der Waals surface area contributed by atoms with Gasteiger partial charge in [0.25, 0.3) is 0 Å². The van der Waals surface area contributed by atoms with E-state index in [2.05, 4.69) is 5.32 Å². The second-order valence-corrected chi connectivity index (χ2v) is 5.05. The summed E-state index contributed by atoms with van der Waals surface area (Å²) < 4.78 is 10.6. The average molecular weight is 292 g/mol. The van der Waals surface area contributed by atoms with Gasteiger partial charge in [0, 0.05) is 18.2 Å². The van der Waals surface area contributed by atoms with E-state index in [1.165, 1.54) is 0 Å². The number of hydrogen-bond donors (Lipinski definition) is 2. The number of benzene rings is 2.